The first kappa shape index (κ1) is 13.7. The molecule has 0 atom stereocenters. The van der Waals surface area contributed by atoms with E-state index in [4.69, 9.17) is 16.3 Å². The molecular formula is C15H15ClFNO. The lowest BCUT2D eigenvalue weighted by molar-refractivity contribution is 0.333. The van der Waals surface area contributed by atoms with Gasteiger partial charge in [0, 0.05) is 12.2 Å². The zero-order valence-electron chi connectivity index (χ0n) is 10.6. The summed E-state index contributed by atoms with van der Waals surface area (Å²) in [5.74, 6) is 0.432. The third-order valence-corrected chi connectivity index (χ3v) is 2.92. The fourth-order valence-electron chi connectivity index (χ4n) is 1.65. The molecule has 0 saturated carbocycles. The number of halogens is 2. The lowest BCUT2D eigenvalue weighted by Crippen LogP contribution is -2.11. The second-order valence-corrected chi connectivity index (χ2v) is 4.62. The zero-order valence-corrected chi connectivity index (χ0v) is 11.4. The maximum atomic E-state index is 12.7. The lowest BCUT2D eigenvalue weighted by Gasteiger charge is -2.10. The van der Waals surface area contributed by atoms with Gasteiger partial charge in [-0.3, -0.25) is 0 Å². The molecular weight excluding hydrogens is 265 g/mol. The van der Waals surface area contributed by atoms with E-state index in [1.165, 1.54) is 12.1 Å². The van der Waals surface area contributed by atoms with Crippen molar-refractivity contribution < 1.29 is 9.13 Å². The molecule has 2 nitrogen and oxygen atoms in total. The van der Waals surface area contributed by atoms with E-state index < -0.39 is 0 Å². The Bertz CT molecular complexity index is 542. The Morgan fingerprint density at radius 3 is 2.58 bits per heavy atom. The summed E-state index contributed by atoms with van der Waals surface area (Å²) in [6, 6.07) is 11.9. The van der Waals surface area contributed by atoms with Crippen molar-refractivity contribution in [3.63, 3.8) is 0 Å². The summed E-state index contributed by atoms with van der Waals surface area (Å²) in [6.07, 6.45) is 0. The monoisotopic (exact) mass is 279 g/mol. The van der Waals surface area contributed by atoms with Crippen LogP contribution in [0.4, 0.5) is 10.1 Å². The molecule has 0 bridgehead atoms. The van der Waals surface area contributed by atoms with Gasteiger partial charge in [0.2, 0.25) is 0 Å². The van der Waals surface area contributed by atoms with Crippen LogP contribution in [0.2, 0.25) is 5.02 Å². The number of benzene rings is 2. The van der Waals surface area contributed by atoms with Gasteiger partial charge in [-0.15, -0.1) is 0 Å². The van der Waals surface area contributed by atoms with Crippen molar-refractivity contribution in [3.05, 3.63) is 58.9 Å². The predicted octanol–water partition coefficient (Wildman–Crippen LogP) is 4.28. The molecule has 1 N–H and O–H groups in total. The van der Waals surface area contributed by atoms with Gasteiger partial charge >= 0.3 is 0 Å². The molecule has 0 fully saturated rings. The minimum Gasteiger partial charge on any atom is -0.490 e. The fraction of sp³-hybridized carbons (Fsp3) is 0.200. The van der Waals surface area contributed by atoms with E-state index >= 15 is 0 Å². The van der Waals surface area contributed by atoms with E-state index in [1.54, 1.807) is 12.1 Å². The minimum absolute atomic E-state index is 0.242. The van der Waals surface area contributed by atoms with Crippen LogP contribution in [0, 0.1) is 12.7 Å². The van der Waals surface area contributed by atoms with Gasteiger partial charge in [0.15, 0.2) is 0 Å². The Kier molecular flexibility index (Phi) is 4.63. The number of anilines is 1. The van der Waals surface area contributed by atoms with Crippen LogP contribution in [0.3, 0.4) is 0 Å². The van der Waals surface area contributed by atoms with Crippen LogP contribution < -0.4 is 10.1 Å². The second-order valence-electron chi connectivity index (χ2n) is 4.22. The normalized spacial score (nSPS) is 10.3. The fourth-order valence-corrected chi connectivity index (χ4v) is 1.94. The number of ether oxygens (including phenoxy) is 1. The van der Waals surface area contributed by atoms with Gasteiger partial charge in [0.25, 0.3) is 0 Å². The molecule has 0 aliphatic heterocycles. The Morgan fingerprint density at radius 2 is 1.89 bits per heavy atom. The predicted molar refractivity (Wildman–Crippen MR) is 76.6 cm³/mol. The smallest absolute Gasteiger partial charge is 0.137 e. The van der Waals surface area contributed by atoms with Gasteiger partial charge in [0.05, 0.1) is 5.02 Å². The summed E-state index contributed by atoms with van der Waals surface area (Å²) in [5.41, 5.74) is 1.96. The third kappa shape index (κ3) is 4.14. The van der Waals surface area contributed by atoms with Gasteiger partial charge in [-0.25, -0.2) is 4.39 Å². The summed E-state index contributed by atoms with van der Waals surface area (Å²) in [4.78, 5) is 0. The first-order chi connectivity index (χ1) is 9.15. The molecule has 0 radical (unpaired) electrons. The third-order valence-electron chi connectivity index (χ3n) is 2.62. The van der Waals surface area contributed by atoms with E-state index in [0.717, 1.165) is 11.3 Å². The molecule has 100 valence electrons. The Hall–Kier alpha value is -1.74. The van der Waals surface area contributed by atoms with Gasteiger partial charge in [-0.05, 0) is 48.9 Å². The molecule has 4 heteroatoms. The highest BCUT2D eigenvalue weighted by atomic mass is 35.5. The molecule has 0 aliphatic carbocycles. The lowest BCUT2D eigenvalue weighted by atomic mass is 10.2. The number of hydrogen-bond donors (Lipinski definition) is 1. The van der Waals surface area contributed by atoms with Crippen molar-refractivity contribution in [2.24, 2.45) is 0 Å². The Balaban J connectivity index is 1.79. The topological polar surface area (TPSA) is 21.3 Å². The maximum absolute atomic E-state index is 12.7. The average molecular weight is 280 g/mol. The summed E-state index contributed by atoms with van der Waals surface area (Å²) < 4.78 is 18.3. The summed E-state index contributed by atoms with van der Waals surface area (Å²) in [7, 11) is 0. The minimum atomic E-state index is -0.242. The van der Waals surface area contributed by atoms with Crippen molar-refractivity contribution in [2.75, 3.05) is 18.5 Å². The van der Waals surface area contributed by atoms with Crippen molar-refractivity contribution in [2.45, 2.75) is 6.92 Å². The summed E-state index contributed by atoms with van der Waals surface area (Å²) in [6.45, 7) is 3.09. The molecule has 0 spiro atoms. The van der Waals surface area contributed by atoms with Crippen LogP contribution in [0.5, 0.6) is 5.75 Å². The van der Waals surface area contributed by atoms with Crippen LogP contribution in [0.25, 0.3) is 0 Å². The van der Waals surface area contributed by atoms with Crippen molar-refractivity contribution >= 4 is 17.3 Å². The van der Waals surface area contributed by atoms with Crippen molar-refractivity contribution in [1.82, 2.24) is 0 Å². The molecule has 0 unspecified atom stereocenters. The van der Waals surface area contributed by atoms with Gasteiger partial charge in [-0.1, -0.05) is 17.7 Å². The first-order valence-electron chi connectivity index (χ1n) is 6.03. The molecule has 2 aromatic carbocycles. The van der Waals surface area contributed by atoms with Crippen LogP contribution in [0.15, 0.2) is 42.5 Å². The number of rotatable bonds is 5. The number of aryl methyl sites for hydroxylation is 1. The first-order valence-corrected chi connectivity index (χ1v) is 6.41. The van der Waals surface area contributed by atoms with Crippen LogP contribution >= 0.6 is 11.6 Å². The summed E-state index contributed by atoms with van der Waals surface area (Å²) >= 11 is 6.06. The van der Waals surface area contributed by atoms with Crippen LogP contribution in [0.1, 0.15) is 5.56 Å². The van der Waals surface area contributed by atoms with Gasteiger partial charge < -0.3 is 10.1 Å². The van der Waals surface area contributed by atoms with Crippen molar-refractivity contribution in [3.8, 4) is 5.75 Å². The van der Waals surface area contributed by atoms with E-state index in [2.05, 4.69) is 5.32 Å². The van der Waals surface area contributed by atoms with E-state index in [0.29, 0.717) is 23.9 Å². The highest BCUT2D eigenvalue weighted by Gasteiger charge is 2.01. The van der Waals surface area contributed by atoms with Crippen LogP contribution in [-0.4, -0.2) is 13.2 Å². The highest BCUT2D eigenvalue weighted by Crippen LogP contribution is 2.24. The molecule has 0 saturated heterocycles. The van der Waals surface area contributed by atoms with E-state index in [-0.39, 0.29) is 5.82 Å². The molecule has 2 aromatic rings. The van der Waals surface area contributed by atoms with Crippen LogP contribution in [-0.2, 0) is 0 Å². The van der Waals surface area contributed by atoms with Gasteiger partial charge in [0.1, 0.15) is 18.2 Å². The second kappa shape index (κ2) is 6.43. The quantitative estimate of drug-likeness (QED) is 0.825. The van der Waals surface area contributed by atoms with E-state index in [1.807, 2.05) is 25.1 Å². The molecule has 0 amide bonds. The standard InChI is InChI=1S/C15H15ClFNO/c1-11-2-7-15(14(16)10-11)19-9-8-18-13-5-3-12(17)4-6-13/h2-7,10,18H,8-9H2,1H3. The largest absolute Gasteiger partial charge is 0.490 e. The Morgan fingerprint density at radius 1 is 1.16 bits per heavy atom. The SMILES string of the molecule is Cc1ccc(OCCNc2ccc(F)cc2)c(Cl)c1. The molecule has 2 rings (SSSR count). The zero-order chi connectivity index (χ0) is 13.7. The average Bonchev–Trinajstić information content (AvgIpc) is 2.39. The highest BCUT2D eigenvalue weighted by molar-refractivity contribution is 6.32. The van der Waals surface area contributed by atoms with E-state index in [9.17, 15) is 4.39 Å². The molecule has 19 heavy (non-hydrogen) atoms. The Labute approximate surface area is 117 Å². The summed E-state index contributed by atoms with van der Waals surface area (Å²) in [5, 5.41) is 3.75. The number of hydrogen-bond acceptors (Lipinski definition) is 2. The van der Waals surface area contributed by atoms with Crippen molar-refractivity contribution in [1.29, 1.82) is 0 Å². The number of nitrogens with one attached hydrogen (secondary N) is 1. The molecule has 0 aromatic heterocycles. The maximum Gasteiger partial charge on any atom is 0.137 e. The molecule has 0 heterocycles. The molecule has 0 aliphatic rings. The van der Waals surface area contributed by atoms with Gasteiger partial charge in [-0.2, -0.15) is 0 Å².